The number of nitrogens with one attached hydrogen (secondary N) is 1. The molecular weight excluding hydrogens is 310 g/mol. The number of esters is 2. The predicted octanol–water partition coefficient (Wildman–Crippen LogP) is 2.39. The number of methoxy groups -OCH3 is 1. The minimum absolute atomic E-state index is 0.182. The standard InChI is InChI=1S/C18H25NO5/c1-4-6-16(20)19-15(18(22)23-3)12-13-8-10-14(11-9-13)24-17(21)7-5-2/h8-11,15H,4-7,12H2,1-3H3,(H,19,20). The first kappa shape index (κ1) is 19.7. The van der Waals surface area contributed by atoms with Crippen LogP contribution in [0, 0.1) is 0 Å². The lowest BCUT2D eigenvalue weighted by Crippen LogP contribution is -2.42. The van der Waals surface area contributed by atoms with Crippen LogP contribution in [0.2, 0.25) is 0 Å². The summed E-state index contributed by atoms with van der Waals surface area (Å²) in [6.07, 6.45) is 2.48. The maximum atomic E-state index is 11.8. The van der Waals surface area contributed by atoms with E-state index in [9.17, 15) is 14.4 Å². The van der Waals surface area contributed by atoms with E-state index >= 15 is 0 Å². The zero-order valence-electron chi connectivity index (χ0n) is 14.5. The minimum Gasteiger partial charge on any atom is -0.467 e. The monoisotopic (exact) mass is 335 g/mol. The maximum absolute atomic E-state index is 11.8. The third-order valence-corrected chi connectivity index (χ3v) is 3.35. The largest absolute Gasteiger partial charge is 0.467 e. The first-order valence-electron chi connectivity index (χ1n) is 8.16. The zero-order valence-corrected chi connectivity index (χ0v) is 14.5. The van der Waals surface area contributed by atoms with Gasteiger partial charge in [0.25, 0.3) is 0 Å². The number of amides is 1. The minimum atomic E-state index is -0.734. The number of carbonyl (C=O) groups is 3. The van der Waals surface area contributed by atoms with E-state index in [4.69, 9.17) is 9.47 Å². The first-order valence-corrected chi connectivity index (χ1v) is 8.16. The van der Waals surface area contributed by atoms with Crippen LogP contribution in [0.5, 0.6) is 5.75 Å². The van der Waals surface area contributed by atoms with Gasteiger partial charge in [0, 0.05) is 19.3 Å². The Morgan fingerprint density at radius 2 is 1.67 bits per heavy atom. The maximum Gasteiger partial charge on any atom is 0.328 e. The fourth-order valence-corrected chi connectivity index (χ4v) is 2.14. The molecule has 0 fully saturated rings. The Morgan fingerprint density at radius 1 is 1.04 bits per heavy atom. The molecule has 0 saturated heterocycles. The van der Waals surface area contributed by atoms with Crippen LogP contribution < -0.4 is 10.1 Å². The van der Waals surface area contributed by atoms with E-state index < -0.39 is 12.0 Å². The van der Waals surface area contributed by atoms with Gasteiger partial charge >= 0.3 is 11.9 Å². The summed E-state index contributed by atoms with van der Waals surface area (Å²) in [5.74, 6) is -0.484. The van der Waals surface area contributed by atoms with Crippen molar-refractivity contribution in [3.63, 3.8) is 0 Å². The SMILES string of the molecule is CCCC(=O)NC(Cc1ccc(OC(=O)CCC)cc1)C(=O)OC. The number of benzene rings is 1. The van der Waals surface area contributed by atoms with E-state index in [0.29, 0.717) is 31.4 Å². The molecule has 0 spiro atoms. The van der Waals surface area contributed by atoms with Crippen molar-refractivity contribution in [3.8, 4) is 5.75 Å². The molecule has 1 N–H and O–H groups in total. The molecule has 132 valence electrons. The summed E-state index contributed by atoms with van der Waals surface area (Å²) in [6, 6.07) is 6.13. The number of ether oxygens (including phenoxy) is 2. The predicted molar refractivity (Wildman–Crippen MR) is 89.5 cm³/mol. The summed E-state index contributed by atoms with van der Waals surface area (Å²) in [7, 11) is 1.29. The van der Waals surface area contributed by atoms with Crippen molar-refractivity contribution in [2.24, 2.45) is 0 Å². The molecule has 1 aromatic rings. The second-order valence-electron chi connectivity index (χ2n) is 5.47. The lowest BCUT2D eigenvalue weighted by molar-refractivity contribution is -0.145. The molecule has 0 bridgehead atoms. The van der Waals surface area contributed by atoms with Gasteiger partial charge in [-0.25, -0.2) is 4.79 Å². The summed E-state index contributed by atoms with van der Waals surface area (Å²) in [5.41, 5.74) is 0.831. The smallest absolute Gasteiger partial charge is 0.328 e. The molecule has 0 saturated carbocycles. The molecule has 1 rings (SSSR count). The van der Waals surface area contributed by atoms with Gasteiger partial charge in [0.15, 0.2) is 0 Å². The van der Waals surface area contributed by atoms with Crippen LogP contribution in [0.25, 0.3) is 0 Å². The van der Waals surface area contributed by atoms with Crippen LogP contribution >= 0.6 is 0 Å². The number of carbonyl (C=O) groups excluding carboxylic acids is 3. The van der Waals surface area contributed by atoms with Gasteiger partial charge < -0.3 is 14.8 Å². The third kappa shape index (κ3) is 6.81. The van der Waals surface area contributed by atoms with Crippen LogP contribution in [-0.2, 0) is 25.5 Å². The summed E-state index contributed by atoms with van der Waals surface area (Å²) in [6.45, 7) is 3.80. The second-order valence-corrected chi connectivity index (χ2v) is 5.47. The number of hydrogen-bond acceptors (Lipinski definition) is 5. The molecule has 1 unspecified atom stereocenters. The fourth-order valence-electron chi connectivity index (χ4n) is 2.14. The molecule has 24 heavy (non-hydrogen) atoms. The first-order chi connectivity index (χ1) is 11.5. The summed E-state index contributed by atoms with van der Waals surface area (Å²) in [5, 5.41) is 2.68. The molecule has 1 aromatic carbocycles. The fraction of sp³-hybridized carbons (Fsp3) is 0.500. The van der Waals surface area contributed by atoms with Crippen LogP contribution in [0.4, 0.5) is 0 Å². The van der Waals surface area contributed by atoms with E-state index in [-0.39, 0.29) is 11.9 Å². The van der Waals surface area contributed by atoms with Crippen LogP contribution in [0.3, 0.4) is 0 Å². The van der Waals surface area contributed by atoms with Crippen LogP contribution in [0.15, 0.2) is 24.3 Å². The molecule has 0 radical (unpaired) electrons. The van der Waals surface area contributed by atoms with Gasteiger partial charge in [-0.15, -0.1) is 0 Å². The molecule has 1 atom stereocenters. The van der Waals surface area contributed by atoms with Gasteiger partial charge in [0.1, 0.15) is 11.8 Å². The molecule has 6 heteroatoms. The molecule has 0 aromatic heterocycles. The van der Waals surface area contributed by atoms with Gasteiger partial charge in [-0.05, 0) is 30.5 Å². The molecular formula is C18H25NO5. The van der Waals surface area contributed by atoms with Crippen molar-refractivity contribution in [2.75, 3.05) is 7.11 Å². The molecule has 0 aliphatic rings. The summed E-state index contributed by atoms with van der Waals surface area (Å²) >= 11 is 0. The number of rotatable bonds is 9. The third-order valence-electron chi connectivity index (χ3n) is 3.35. The second kappa shape index (κ2) is 10.4. The quantitative estimate of drug-likeness (QED) is 0.553. The number of hydrogen-bond donors (Lipinski definition) is 1. The Labute approximate surface area is 142 Å². The van der Waals surface area contributed by atoms with Crippen molar-refractivity contribution in [2.45, 2.75) is 52.0 Å². The molecule has 0 aliphatic carbocycles. The van der Waals surface area contributed by atoms with Crippen molar-refractivity contribution in [1.29, 1.82) is 0 Å². The summed E-state index contributed by atoms with van der Waals surface area (Å²) in [4.78, 5) is 35.0. The van der Waals surface area contributed by atoms with Crippen molar-refractivity contribution < 1.29 is 23.9 Å². The van der Waals surface area contributed by atoms with E-state index in [0.717, 1.165) is 12.0 Å². The highest BCUT2D eigenvalue weighted by atomic mass is 16.5. The van der Waals surface area contributed by atoms with Gasteiger partial charge in [0.2, 0.25) is 5.91 Å². The van der Waals surface area contributed by atoms with Crippen LogP contribution in [-0.4, -0.2) is 31.0 Å². The Balaban J connectivity index is 2.70. The van der Waals surface area contributed by atoms with Crippen molar-refractivity contribution in [1.82, 2.24) is 5.32 Å². The lowest BCUT2D eigenvalue weighted by atomic mass is 10.1. The van der Waals surface area contributed by atoms with E-state index in [1.807, 2.05) is 13.8 Å². The van der Waals surface area contributed by atoms with Gasteiger partial charge in [-0.2, -0.15) is 0 Å². The highest BCUT2D eigenvalue weighted by Gasteiger charge is 2.21. The van der Waals surface area contributed by atoms with Crippen molar-refractivity contribution in [3.05, 3.63) is 29.8 Å². The van der Waals surface area contributed by atoms with Gasteiger partial charge in [-0.3, -0.25) is 9.59 Å². The average Bonchev–Trinajstić information content (AvgIpc) is 2.55. The normalized spacial score (nSPS) is 11.5. The highest BCUT2D eigenvalue weighted by molar-refractivity contribution is 5.84. The van der Waals surface area contributed by atoms with Crippen molar-refractivity contribution >= 4 is 17.8 Å². The lowest BCUT2D eigenvalue weighted by Gasteiger charge is -2.16. The Morgan fingerprint density at radius 3 is 2.21 bits per heavy atom. The van der Waals surface area contributed by atoms with E-state index in [1.54, 1.807) is 24.3 Å². The Hall–Kier alpha value is -2.37. The van der Waals surface area contributed by atoms with Crippen LogP contribution in [0.1, 0.15) is 45.1 Å². The van der Waals surface area contributed by atoms with E-state index in [2.05, 4.69) is 5.32 Å². The van der Waals surface area contributed by atoms with Gasteiger partial charge in [-0.1, -0.05) is 26.0 Å². The molecule has 0 aliphatic heterocycles. The molecule has 6 nitrogen and oxygen atoms in total. The Bertz CT molecular complexity index is 553. The zero-order chi connectivity index (χ0) is 17.9. The van der Waals surface area contributed by atoms with E-state index in [1.165, 1.54) is 7.11 Å². The topological polar surface area (TPSA) is 81.7 Å². The Kier molecular flexibility index (Phi) is 8.54. The molecule has 1 amide bonds. The molecule has 0 heterocycles. The summed E-state index contributed by atoms with van der Waals surface area (Å²) < 4.78 is 9.92. The highest BCUT2D eigenvalue weighted by Crippen LogP contribution is 2.15. The average molecular weight is 335 g/mol. The van der Waals surface area contributed by atoms with Gasteiger partial charge in [0.05, 0.1) is 7.11 Å².